The van der Waals surface area contributed by atoms with Gasteiger partial charge in [-0.25, -0.2) is 0 Å². The van der Waals surface area contributed by atoms with Gasteiger partial charge in [-0.3, -0.25) is 4.79 Å². The number of rotatable bonds is 8. The van der Waals surface area contributed by atoms with Crippen LogP contribution in [-0.4, -0.2) is 25.7 Å². The van der Waals surface area contributed by atoms with E-state index in [1.165, 1.54) is 0 Å². The first-order valence-corrected chi connectivity index (χ1v) is 6.71. The predicted octanol–water partition coefficient (Wildman–Crippen LogP) is 2.52. The smallest absolute Gasteiger partial charge is 0.305 e. The fourth-order valence-corrected chi connectivity index (χ4v) is 1.66. The summed E-state index contributed by atoms with van der Waals surface area (Å²) in [5.41, 5.74) is 1.15. The molecule has 4 nitrogen and oxygen atoms in total. The largest absolute Gasteiger partial charge is 0.497 e. The van der Waals surface area contributed by atoms with Crippen molar-refractivity contribution >= 4 is 5.97 Å². The van der Waals surface area contributed by atoms with Crippen LogP contribution in [0.25, 0.3) is 0 Å². The quantitative estimate of drug-likeness (QED) is 0.734. The fourth-order valence-electron chi connectivity index (χ4n) is 1.66. The average molecular weight is 265 g/mol. The Morgan fingerprint density at radius 1 is 1.37 bits per heavy atom. The number of esters is 1. The van der Waals surface area contributed by atoms with Gasteiger partial charge in [0.25, 0.3) is 0 Å². The van der Waals surface area contributed by atoms with Gasteiger partial charge in [0.05, 0.1) is 7.11 Å². The molecule has 0 amide bonds. The zero-order valence-electron chi connectivity index (χ0n) is 11.9. The number of hydrogen-bond donors (Lipinski definition) is 1. The van der Waals surface area contributed by atoms with Crippen LogP contribution in [0.3, 0.4) is 0 Å². The summed E-state index contributed by atoms with van der Waals surface area (Å²) in [6.45, 7) is 5.03. The van der Waals surface area contributed by atoms with E-state index < -0.39 is 0 Å². The molecule has 0 aliphatic heterocycles. The topological polar surface area (TPSA) is 47.6 Å². The van der Waals surface area contributed by atoms with Gasteiger partial charge in [-0.1, -0.05) is 26.0 Å². The van der Waals surface area contributed by atoms with Gasteiger partial charge in [0, 0.05) is 19.0 Å². The fraction of sp³-hybridized carbons (Fsp3) is 0.533. The summed E-state index contributed by atoms with van der Waals surface area (Å²) in [5.74, 6) is 0.700. The molecule has 106 valence electrons. The molecule has 0 heterocycles. The van der Waals surface area contributed by atoms with Gasteiger partial charge in [-0.15, -0.1) is 0 Å². The van der Waals surface area contributed by atoms with E-state index in [1.807, 2.05) is 24.3 Å². The van der Waals surface area contributed by atoms with E-state index in [0.29, 0.717) is 13.0 Å². The van der Waals surface area contributed by atoms with Crippen LogP contribution >= 0.6 is 0 Å². The van der Waals surface area contributed by atoms with E-state index in [1.54, 1.807) is 14.0 Å². The van der Waals surface area contributed by atoms with Gasteiger partial charge in [0.1, 0.15) is 12.4 Å². The standard InChI is InChI=1S/C15H23NO3/c1-4-13(11-19-15(17)5-2)16-10-12-7-6-8-14(9-12)18-3/h6-9,13,16H,4-5,10-11H2,1-3H3. The van der Waals surface area contributed by atoms with Crippen molar-refractivity contribution in [1.29, 1.82) is 0 Å². The maximum atomic E-state index is 11.1. The minimum atomic E-state index is -0.151. The molecule has 1 unspecified atom stereocenters. The van der Waals surface area contributed by atoms with E-state index in [2.05, 4.69) is 12.2 Å². The summed E-state index contributed by atoms with van der Waals surface area (Å²) in [4.78, 5) is 11.1. The van der Waals surface area contributed by atoms with Gasteiger partial charge < -0.3 is 14.8 Å². The van der Waals surface area contributed by atoms with Crippen LogP contribution in [-0.2, 0) is 16.1 Å². The summed E-state index contributed by atoms with van der Waals surface area (Å²) in [7, 11) is 1.66. The molecule has 0 aliphatic carbocycles. The number of carbonyl (C=O) groups excluding carboxylic acids is 1. The number of carbonyl (C=O) groups is 1. The van der Waals surface area contributed by atoms with E-state index in [4.69, 9.17) is 9.47 Å². The highest BCUT2D eigenvalue weighted by molar-refractivity contribution is 5.68. The summed E-state index contributed by atoms with van der Waals surface area (Å²) in [6, 6.07) is 8.11. The maximum absolute atomic E-state index is 11.1. The normalized spacial score (nSPS) is 11.9. The maximum Gasteiger partial charge on any atom is 0.305 e. The average Bonchev–Trinajstić information content (AvgIpc) is 2.47. The summed E-state index contributed by atoms with van der Waals surface area (Å²) in [6.07, 6.45) is 1.34. The van der Waals surface area contributed by atoms with E-state index in [9.17, 15) is 4.79 Å². The lowest BCUT2D eigenvalue weighted by Crippen LogP contribution is -2.33. The highest BCUT2D eigenvalue weighted by Crippen LogP contribution is 2.12. The number of ether oxygens (including phenoxy) is 2. The molecule has 0 bridgehead atoms. The molecule has 0 saturated heterocycles. The van der Waals surface area contributed by atoms with Crippen molar-refractivity contribution in [2.45, 2.75) is 39.3 Å². The predicted molar refractivity (Wildman–Crippen MR) is 75.2 cm³/mol. The third-order valence-electron chi connectivity index (χ3n) is 2.96. The molecule has 0 radical (unpaired) electrons. The Hall–Kier alpha value is -1.55. The number of benzene rings is 1. The Kier molecular flexibility index (Phi) is 6.97. The second kappa shape index (κ2) is 8.53. The number of hydrogen-bond acceptors (Lipinski definition) is 4. The molecule has 1 N–H and O–H groups in total. The summed E-state index contributed by atoms with van der Waals surface area (Å²) >= 11 is 0. The van der Waals surface area contributed by atoms with Gasteiger partial charge >= 0.3 is 5.97 Å². The van der Waals surface area contributed by atoms with Crippen molar-refractivity contribution in [3.8, 4) is 5.75 Å². The SMILES string of the molecule is CCC(=O)OCC(CC)NCc1cccc(OC)c1. The number of nitrogens with one attached hydrogen (secondary N) is 1. The minimum Gasteiger partial charge on any atom is -0.497 e. The van der Waals surface area contributed by atoms with Crippen LogP contribution in [0.1, 0.15) is 32.3 Å². The van der Waals surface area contributed by atoms with E-state index in [-0.39, 0.29) is 12.0 Å². The molecule has 1 aromatic rings. The molecule has 0 aliphatic rings. The molecule has 1 aromatic carbocycles. The van der Waals surface area contributed by atoms with Gasteiger partial charge in [0.15, 0.2) is 0 Å². The monoisotopic (exact) mass is 265 g/mol. The van der Waals surface area contributed by atoms with Crippen molar-refractivity contribution in [3.05, 3.63) is 29.8 Å². The Bertz CT molecular complexity index is 393. The first-order valence-electron chi connectivity index (χ1n) is 6.71. The molecule has 0 saturated carbocycles. The Balaban J connectivity index is 2.41. The third-order valence-corrected chi connectivity index (χ3v) is 2.96. The van der Waals surface area contributed by atoms with Crippen molar-refractivity contribution in [2.24, 2.45) is 0 Å². The van der Waals surface area contributed by atoms with E-state index >= 15 is 0 Å². The van der Waals surface area contributed by atoms with Gasteiger partial charge in [-0.05, 0) is 24.1 Å². The molecular weight excluding hydrogens is 242 g/mol. The second-order valence-electron chi connectivity index (χ2n) is 4.37. The van der Waals surface area contributed by atoms with Crippen LogP contribution in [0.2, 0.25) is 0 Å². The van der Waals surface area contributed by atoms with Crippen LogP contribution in [0.15, 0.2) is 24.3 Å². The van der Waals surface area contributed by atoms with Crippen LogP contribution in [0.4, 0.5) is 0 Å². The van der Waals surface area contributed by atoms with Crippen molar-refractivity contribution in [2.75, 3.05) is 13.7 Å². The van der Waals surface area contributed by atoms with Crippen LogP contribution < -0.4 is 10.1 Å². The third kappa shape index (κ3) is 5.75. The molecule has 4 heteroatoms. The molecule has 1 atom stereocenters. The van der Waals surface area contributed by atoms with Crippen LogP contribution in [0, 0.1) is 0 Å². The molecule has 19 heavy (non-hydrogen) atoms. The molecule has 0 fully saturated rings. The molecular formula is C15H23NO3. The van der Waals surface area contributed by atoms with Crippen LogP contribution in [0.5, 0.6) is 5.75 Å². The zero-order valence-corrected chi connectivity index (χ0v) is 11.9. The van der Waals surface area contributed by atoms with Crippen molar-refractivity contribution in [3.63, 3.8) is 0 Å². The van der Waals surface area contributed by atoms with Crippen molar-refractivity contribution in [1.82, 2.24) is 5.32 Å². The first kappa shape index (κ1) is 15.5. The molecule has 0 spiro atoms. The number of methoxy groups -OCH3 is 1. The molecule has 0 aromatic heterocycles. The zero-order chi connectivity index (χ0) is 14.1. The Labute approximate surface area is 115 Å². The Morgan fingerprint density at radius 2 is 2.16 bits per heavy atom. The van der Waals surface area contributed by atoms with Crippen molar-refractivity contribution < 1.29 is 14.3 Å². The Morgan fingerprint density at radius 3 is 2.79 bits per heavy atom. The van der Waals surface area contributed by atoms with E-state index in [0.717, 1.165) is 24.3 Å². The second-order valence-corrected chi connectivity index (χ2v) is 4.37. The molecule has 1 rings (SSSR count). The minimum absolute atomic E-state index is 0.151. The lowest BCUT2D eigenvalue weighted by atomic mass is 10.2. The first-order chi connectivity index (χ1) is 9.19. The summed E-state index contributed by atoms with van der Waals surface area (Å²) < 4.78 is 10.3. The lowest BCUT2D eigenvalue weighted by Gasteiger charge is -2.17. The highest BCUT2D eigenvalue weighted by Gasteiger charge is 2.08. The van der Waals surface area contributed by atoms with Gasteiger partial charge in [-0.2, -0.15) is 0 Å². The lowest BCUT2D eigenvalue weighted by molar-refractivity contribution is -0.144. The van der Waals surface area contributed by atoms with Gasteiger partial charge in [0.2, 0.25) is 0 Å². The summed E-state index contributed by atoms with van der Waals surface area (Å²) in [5, 5.41) is 3.38. The highest BCUT2D eigenvalue weighted by atomic mass is 16.5.